The molecule has 0 aromatic rings. The molecule has 1 N–H and O–H groups in total. The summed E-state index contributed by atoms with van der Waals surface area (Å²) < 4.78 is 9.70. The monoisotopic (exact) mass is 299 g/mol. The molecular formula is C15H25NO5. The molecule has 1 saturated heterocycles. The number of carbonyl (C=O) groups excluding carboxylic acids is 2. The van der Waals surface area contributed by atoms with Gasteiger partial charge in [0, 0.05) is 6.54 Å². The summed E-state index contributed by atoms with van der Waals surface area (Å²) in [6.07, 6.45) is 5.43. The third kappa shape index (κ3) is 5.75. The second kappa shape index (κ2) is 9.39. The molecular weight excluding hydrogens is 274 g/mol. The molecule has 1 fully saturated rings. The van der Waals surface area contributed by atoms with E-state index in [2.05, 4.69) is 4.74 Å². The van der Waals surface area contributed by atoms with Crippen LogP contribution in [0.5, 0.6) is 0 Å². The van der Waals surface area contributed by atoms with Crippen LogP contribution in [0.15, 0.2) is 12.2 Å². The largest absolute Gasteiger partial charge is 0.469 e. The number of aliphatic hydroxyl groups excluding tert-OH is 1. The number of esters is 1. The third-order valence-corrected chi connectivity index (χ3v) is 3.50. The van der Waals surface area contributed by atoms with Gasteiger partial charge >= 0.3 is 12.1 Å². The number of amides is 1. The molecule has 0 aliphatic carbocycles. The summed E-state index contributed by atoms with van der Waals surface area (Å²) in [5.41, 5.74) is 0. The molecule has 1 aliphatic rings. The van der Waals surface area contributed by atoms with Gasteiger partial charge in [0.25, 0.3) is 0 Å². The van der Waals surface area contributed by atoms with Crippen molar-refractivity contribution < 1.29 is 24.2 Å². The van der Waals surface area contributed by atoms with Crippen LogP contribution in [0.2, 0.25) is 0 Å². The Kier molecular flexibility index (Phi) is 7.82. The van der Waals surface area contributed by atoms with Gasteiger partial charge in [-0.15, -0.1) is 0 Å². The summed E-state index contributed by atoms with van der Waals surface area (Å²) in [6, 6.07) is -0.284. The molecule has 0 spiro atoms. The molecule has 1 amide bonds. The zero-order chi connectivity index (χ0) is 15.7. The van der Waals surface area contributed by atoms with Gasteiger partial charge in [-0.3, -0.25) is 4.79 Å². The maximum Gasteiger partial charge on any atom is 0.410 e. The Morgan fingerprint density at radius 3 is 2.90 bits per heavy atom. The van der Waals surface area contributed by atoms with E-state index in [0.717, 1.165) is 25.7 Å². The fourth-order valence-corrected chi connectivity index (χ4v) is 2.28. The summed E-state index contributed by atoms with van der Waals surface area (Å²) in [5, 5.41) is 10.1. The minimum Gasteiger partial charge on any atom is -0.469 e. The van der Waals surface area contributed by atoms with E-state index in [9.17, 15) is 14.7 Å². The van der Waals surface area contributed by atoms with Crippen molar-refractivity contribution in [3.63, 3.8) is 0 Å². The molecule has 6 heteroatoms. The average molecular weight is 299 g/mol. The molecule has 0 radical (unpaired) electrons. The lowest BCUT2D eigenvalue weighted by Crippen LogP contribution is -2.42. The van der Waals surface area contributed by atoms with E-state index in [4.69, 9.17) is 4.74 Å². The van der Waals surface area contributed by atoms with Crippen molar-refractivity contribution in [3.05, 3.63) is 12.2 Å². The number of methoxy groups -OCH3 is 1. The van der Waals surface area contributed by atoms with Gasteiger partial charge in [0.2, 0.25) is 0 Å². The van der Waals surface area contributed by atoms with E-state index < -0.39 is 6.10 Å². The van der Waals surface area contributed by atoms with Gasteiger partial charge in [-0.1, -0.05) is 25.5 Å². The van der Waals surface area contributed by atoms with Gasteiger partial charge in [0.15, 0.2) is 0 Å². The topological polar surface area (TPSA) is 76.1 Å². The van der Waals surface area contributed by atoms with E-state index in [0.29, 0.717) is 13.2 Å². The maximum atomic E-state index is 12.0. The molecule has 0 saturated carbocycles. The van der Waals surface area contributed by atoms with Gasteiger partial charge in [-0.25, -0.2) is 4.79 Å². The van der Waals surface area contributed by atoms with Gasteiger partial charge in [-0.2, -0.15) is 0 Å². The highest BCUT2D eigenvalue weighted by atomic mass is 16.6. The molecule has 1 aliphatic heterocycles. The van der Waals surface area contributed by atoms with Crippen molar-refractivity contribution in [2.75, 3.05) is 20.3 Å². The van der Waals surface area contributed by atoms with E-state index in [1.807, 2.05) is 6.92 Å². The second-order valence-corrected chi connectivity index (χ2v) is 5.07. The minimum absolute atomic E-state index is 0.112. The molecule has 2 atom stereocenters. The lowest BCUT2D eigenvalue weighted by molar-refractivity contribution is -0.139. The summed E-state index contributed by atoms with van der Waals surface area (Å²) in [4.78, 5) is 24.5. The maximum absolute atomic E-state index is 12.0. The van der Waals surface area contributed by atoms with Crippen LogP contribution in [-0.4, -0.2) is 54.5 Å². The molecule has 0 unspecified atom stereocenters. The molecule has 1 rings (SSSR count). The number of unbranched alkanes of at least 4 members (excludes halogenated alkanes) is 1. The van der Waals surface area contributed by atoms with E-state index in [1.54, 1.807) is 17.1 Å². The Morgan fingerprint density at radius 2 is 2.24 bits per heavy atom. The van der Waals surface area contributed by atoms with E-state index in [-0.39, 0.29) is 24.5 Å². The number of carbonyl (C=O) groups is 2. The highest BCUT2D eigenvalue weighted by Crippen LogP contribution is 2.22. The Labute approximate surface area is 125 Å². The molecule has 21 heavy (non-hydrogen) atoms. The van der Waals surface area contributed by atoms with Crippen LogP contribution in [0.4, 0.5) is 4.79 Å². The quantitative estimate of drug-likeness (QED) is 0.441. The number of ether oxygens (including phenoxy) is 2. The van der Waals surface area contributed by atoms with Crippen LogP contribution in [-0.2, 0) is 14.3 Å². The van der Waals surface area contributed by atoms with Crippen LogP contribution in [0, 0.1) is 0 Å². The van der Waals surface area contributed by atoms with Crippen molar-refractivity contribution in [1.29, 1.82) is 0 Å². The first kappa shape index (κ1) is 17.5. The number of rotatable bonds is 7. The Balaban J connectivity index is 2.47. The summed E-state index contributed by atoms with van der Waals surface area (Å²) >= 11 is 0. The molecule has 0 bridgehead atoms. The van der Waals surface area contributed by atoms with Gasteiger partial charge in [0.1, 0.15) is 0 Å². The smallest absolute Gasteiger partial charge is 0.410 e. The normalized spacial score (nSPS) is 19.8. The Morgan fingerprint density at radius 1 is 1.48 bits per heavy atom. The zero-order valence-corrected chi connectivity index (χ0v) is 12.8. The molecule has 6 nitrogen and oxygen atoms in total. The van der Waals surface area contributed by atoms with Crippen molar-refractivity contribution in [3.8, 4) is 0 Å². The molecule has 0 aromatic heterocycles. The predicted octanol–water partition coefficient (Wildman–Crippen LogP) is 1.87. The SMILES string of the molecule is CCCCOC(=O)N1CCC[C@H]1[C@@H](O)C=CCC(=O)OC. The van der Waals surface area contributed by atoms with Crippen LogP contribution >= 0.6 is 0 Å². The molecule has 1 heterocycles. The lowest BCUT2D eigenvalue weighted by atomic mass is 10.1. The number of likely N-dealkylation sites (tertiary alicyclic amines) is 1. The standard InChI is InChI=1S/C15H25NO5/c1-3-4-11-21-15(19)16-10-6-7-12(16)13(17)8-5-9-14(18)20-2/h5,8,12-13,17H,3-4,6-7,9-11H2,1-2H3/t12-,13-/m0/s1. The molecule has 0 aromatic carbocycles. The summed E-state index contributed by atoms with van der Waals surface area (Å²) in [6.45, 7) is 3.03. The van der Waals surface area contributed by atoms with E-state index in [1.165, 1.54) is 7.11 Å². The highest BCUT2D eigenvalue weighted by molar-refractivity contribution is 5.71. The van der Waals surface area contributed by atoms with Crippen molar-refractivity contribution in [2.24, 2.45) is 0 Å². The number of hydrogen-bond donors (Lipinski definition) is 1. The molecule has 120 valence electrons. The fraction of sp³-hybridized carbons (Fsp3) is 0.733. The first-order chi connectivity index (χ1) is 10.1. The minimum atomic E-state index is -0.795. The fourth-order valence-electron chi connectivity index (χ4n) is 2.28. The number of hydrogen-bond acceptors (Lipinski definition) is 5. The van der Waals surface area contributed by atoms with Crippen molar-refractivity contribution in [2.45, 2.75) is 51.2 Å². The lowest BCUT2D eigenvalue weighted by Gasteiger charge is -2.26. The van der Waals surface area contributed by atoms with Crippen LogP contribution in [0.1, 0.15) is 39.0 Å². The van der Waals surface area contributed by atoms with Crippen LogP contribution in [0.3, 0.4) is 0 Å². The Bertz CT molecular complexity index is 369. The number of aliphatic hydroxyl groups is 1. The first-order valence-corrected chi connectivity index (χ1v) is 7.45. The van der Waals surface area contributed by atoms with Gasteiger partial charge < -0.3 is 19.5 Å². The van der Waals surface area contributed by atoms with Crippen molar-refractivity contribution in [1.82, 2.24) is 4.90 Å². The third-order valence-electron chi connectivity index (χ3n) is 3.50. The second-order valence-electron chi connectivity index (χ2n) is 5.07. The summed E-state index contributed by atoms with van der Waals surface area (Å²) in [5.74, 6) is -0.360. The van der Waals surface area contributed by atoms with Crippen LogP contribution in [0.25, 0.3) is 0 Å². The van der Waals surface area contributed by atoms with Gasteiger partial charge in [-0.05, 0) is 19.3 Å². The average Bonchev–Trinajstić information content (AvgIpc) is 2.96. The first-order valence-electron chi connectivity index (χ1n) is 7.45. The zero-order valence-electron chi connectivity index (χ0n) is 12.8. The number of nitrogens with zero attached hydrogens (tertiary/aromatic N) is 1. The highest BCUT2D eigenvalue weighted by Gasteiger charge is 2.33. The van der Waals surface area contributed by atoms with Gasteiger partial charge in [0.05, 0.1) is 32.3 Å². The summed E-state index contributed by atoms with van der Waals surface area (Å²) in [7, 11) is 1.32. The van der Waals surface area contributed by atoms with Crippen LogP contribution < -0.4 is 0 Å². The Hall–Kier alpha value is -1.56. The van der Waals surface area contributed by atoms with Crippen molar-refractivity contribution >= 4 is 12.1 Å². The van der Waals surface area contributed by atoms with E-state index >= 15 is 0 Å². The predicted molar refractivity (Wildman–Crippen MR) is 77.8 cm³/mol.